The Morgan fingerprint density at radius 3 is 1.45 bits per heavy atom. The fourth-order valence-corrected chi connectivity index (χ4v) is 4.70. The van der Waals surface area contributed by atoms with Crippen molar-refractivity contribution in [2.24, 2.45) is 0 Å². The van der Waals surface area contributed by atoms with Crippen molar-refractivity contribution < 1.29 is 9.47 Å². The molecule has 4 unspecified atom stereocenters. The molecule has 0 spiro atoms. The number of rotatable bonds is 6. The van der Waals surface area contributed by atoms with Crippen LogP contribution in [0.2, 0.25) is 0 Å². The van der Waals surface area contributed by atoms with E-state index in [1.807, 2.05) is 0 Å². The van der Waals surface area contributed by atoms with Crippen LogP contribution in [0.15, 0.2) is 24.3 Å². The Morgan fingerprint density at radius 1 is 0.900 bits per heavy atom. The molecule has 0 amide bonds. The molecule has 1 aromatic rings. The molecule has 2 aliphatic rings. The van der Waals surface area contributed by atoms with Crippen molar-refractivity contribution in [2.75, 3.05) is 0 Å². The van der Waals surface area contributed by atoms with Gasteiger partial charge in [-0.05, 0) is 25.0 Å². The topological polar surface area (TPSA) is 25.1 Å². The van der Waals surface area contributed by atoms with E-state index in [0.29, 0.717) is 0 Å². The van der Waals surface area contributed by atoms with E-state index in [-0.39, 0.29) is 20.7 Å². The minimum atomic E-state index is -0.100. The molecule has 110 valence electrons. The standard InChI is InChI=1S/C14H18O2S4/c1-13(11(17)15-13)19-7-9-3-5-10(6-4-9)8-20-14(2)12(18)16-14/h3-6,11-12,17-18H,7-8H2,1-2H3. The number of epoxide rings is 2. The van der Waals surface area contributed by atoms with Crippen LogP contribution in [0.4, 0.5) is 0 Å². The molecular formula is C14H18O2S4. The van der Waals surface area contributed by atoms with Gasteiger partial charge >= 0.3 is 0 Å². The molecule has 0 N–H and O–H groups in total. The quantitative estimate of drug-likeness (QED) is 0.597. The molecule has 2 heterocycles. The smallest absolute Gasteiger partial charge is 0.148 e. The van der Waals surface area contributed by atoms with Gasteiger partial charge in [0.25, 0.3) is 0 Å². The van der Waals surface area contributed by atoms with E-state index in [4.69, 9.17) is 9.47 Å². The Hall–Kier alpha value is 0.540. The van der Waals surface area contributed by atoms with E-state index in [9.17, 15) is 0 Å². The summed E-state index contributed by atoms with van der Waals surface area (Å²) < 4.78 is 10.9. The van der Waals surface area contributed by atoms with Gasteiger partial charge in [0.15, 0.2) is 0 Å². The first-order valence-corrected chi connectivity index (χ1v) is 9.49. The molecule has 1 aromatic carbocycles. The van der Waals surface area contributed by atoms with Gasteiger partial charge in [-0.2, -0.15) is 0 Å². The molecule has 2 fully saturated rings. The lowest BCUT2D eigenvalue weighted by molar-refractivity contribution is 0.394. The van der Waals surface area contributed by atoms with Crippen molar-refractivity contribution in [1.29, 1.82) is 0 Å². The summed E-state index contributed by atoms with van der Waals surface area (Å²) in [5.41, 5.74) is 2.80. The van der Waals surface area contributed by atoms with E-state index < -0.39 is 0 Å². The SMILES string of the molecule is CC1(SCc2ccc(CSC3(C)OC3S)cc2)OC1S. The highest BCUT2D eigenvalue weighted by Crippen LogP contribution is 2.50. The molecule has 6 heteroatoms. The van der Waals surface area contributed by atoms with Crippen molar-refractivity contribution in [3.05, 3.63) is 35.4 Å². The number of hydrogen-bond donors (Lipinski definition) is 2. The minimum Gasteiger partial charge on any atom is -0.343 e. The third kappa shape index (κ3) is 3.47. The summed E-state index contributed by atoms with van der Waals surface area (Å²) in [7, 11) is 0. The average Bonchev–Trinajstić information content (AvgIpc) is 3.23. The Balaban J connectivity index is 1.47. The van der Waals surface area contributed by atoms with Crippen LogP contribution in [-0.4, -0.2) is 20.7 Å². The Labute approximate surface area is 139 Å². The zero-order valence-corrected chi connectivity index (χ0v) is 14.8. The lowest BCUT2D eigenvalue weighted by Gasteiger charge is -2.08. The highest BCUT2D eigenvalue weighted by molar-refractivity contribution is 8.01. The molecule has 2 nitrogen and oxygen atoms in total. The van der Waals surface area contributed by atoms with Gasteiger partial charge in [0.1, 0.15) is 20.7 Å². The maximum atomic E-state index is 5.45. The van der Waals surface area contributed by atoms with Gasteiger partial charge in [0.2, 0.25) is 0 Å². The summed E-state index contributed by atoms with van der Waals surface area (Å²) in [5, 5.41) is 0. The van der Waals surface area contributed by atoms with E-state index in [1.165, 1.54) is 11.1 Å². The predicted molar refractivity (Wildman–Crippen MR) is 93.6 cm³/mol. The second-order valence-corrected chi connectivity index (χ2v) is 9.08. The van der Waals surface area contributed by atoms with Crippen molar-refractivity contribution in [2.45, 2.75) is 46.1 Å². The van der Waals surface area contributed by atoms with Crippen molar-refractivity contribution in [3.8, 4) is 0 Å². The zero-order chi connectivity index (χ0) is 14.4. The third-order valence-corrected chi connectivity index (χ3v) is 7.82. The Kier molecular flexibility index (Phi) is 4.35. The number of thioether (sulfide) groups is 2. The summed E-state index contributed by atoms with van der Waals surface area (Å²) in [6.07, 6.45) is 0. The molecule has 0 bridgehead atoms. The Bertz CT molecular complexity index is 449. The van der Waals surface area contributed by atoms with Crippen LogP contribution in [-0.2, 0) is 21.0 Å². The molecular weight excluding hydrogens is 328 g/mol. The molecule has 2 aliphatic heterocycles. The summed E-state index contributed by atoms with van der Waals surface area (Å²) in [4.78, 5) is -0.200. The molecule has 4 atom stereocenters. The number of hydrogen-bond acceptors (Lipinski definition) is 6. The van der Waals surface area contributed by atoms with Crippen molar-refractivity contribution in [3.63, 3.8) is 0 Å². The van der Waals surface area contributed by atoms with Crippen molar-refractivity contribution >= 4 is 48.8 Å². The van der Waals surface area contributed by atoms with Crippen LogP contribution in [0.1, 0.15) is 25.0 Å². The maximum absolute atomic E-state index is 5.45. The predicted octanol–water partition coefficient (Wildman–Crippen LogP) is 4.16. The Morgan fingerprint density at radius 2 is 1.20 bits per heavy atom. The molecule has 0 aliphatic carbocycles. The monoisotopic (exact) mass is 346 g/mol. The van der Waals surface area contributed by atoms with E-state index in [1.54, 1.807) is 23.5 Å². The highest BCUT2D eigenvalue weighted by atomic mass is 32.2. The van der Waals surface area contributed by atoms with Crippen LogP contribution in [0.3, 0.4) is 0 Å². The molecule has 20 heavy (non-hydrogen) atoms. The molecule has 0 saturated carbocycles. The van der Waals surface area contributed by atoms with Crippen LogP contribution in [0.5, 0.6) is 0 Å². The van der Waals surface area contributed by atoms with Crippen LogP contribution in [0, 0.1) is 0 Å². The first-order valence-electron chi connectivity index (χ1n) is 6.49. The summed E-state index contributed by atoms with van der Waals surface area (Å²) in [6, 6.07) is 8.76. The van der Waals surface area contributed by atoms with Crippen LogP contribution in [0.25, 0.3) is 0 Å². The van der Waals surface area contributed by atoms with E-state index in [0.717, 1.165) is 11.5 Å². The molecule has 0 radical (unpaired) electrons. The van der Waals surface area contributed by atoms with Gasteiger partial charge in [-0.1, -0.05) is 24.3 Å². The largest absolute Gasteiger partial charge is 0.343 e. The van der Waals surface area contributed by atoms with E-state index in [2.05, 4.69) is 63.4 Å². The van der Waals surface area contributed by atoms with Crippen LogP contribution >= 0.6 is 48.8 Å². The van der Waals surface area contributed by atoms with Gasteiger partial charge in [-0.15, -0.1) is 48.8 Å². The normalized spacial score (nSPS) is 38.8. The number of ether oxygens (including phenoxy) is 2. The van der Waals surface area contributed by atoms with Gasteiger partial charge in [-0.25, -0.2) is 0 Å². The third-order valence-electron chi connectivity index (χ3n) is 3.55. The number of benzene rings is 1. The summed E-state index contributed by atoms with van der Waals surface area (Å²) in [5.74, 6) is 1.92. The molecule has 3 rings (SSSR count). The second-order valence-electron chi connectivity index (χ2n) is 5.37. The van der Waals surface area contributed by atoms with Gasteiger partial charge < -0.3 is 9.47 Å². The first-order chi connectivity index (χ1) is 9.41. The molecule has 2 saturated heterocycles. The fourth-order valence-electron chi connectivity index (χ4n) is 1.77. The lowest BCUT2D eigenvalue weighted by Crippen LogP contribution is -2.01. The van der Waals surface area contributed by atoms with Gasteiger partial charge in [0, 0.05) is 11.5 Å². The average molecular weight is 347 g/mol. The highest BCUT2D eigenvalue weighted by Gasteiger charge is 2.51. The summed E-state index contributed by atoms with van der Waals surface area (Å²) >= 11 is 12.3. The van der Waals surface area contributed by atoms with E-state index >= 15 is 0 Å². The van der Waals surface area contributed by atoms with Crippen molar-refractivity contribution in [1.82, 2.24) is 0 Å². The number of thiol groups is 2. The lowest BCUT2D eigenvalue weighted by atomic mass is 10.2. The minimum absolute atomic E-state index is 0.0802. The fraction of sp³-hybridized carbons (Fsp3) is 0.571. The maximum Gasteiger partial charge on any atom is 0.148 e. The van der Waals surface area contributed by atoms with Gasteiger partial charge in [-0.3, -0.25) is 0 Å². The first kappa shape index (κ1) is 15.4. The zero-order valence-electron chi connectivity index (χ0n) is 11.4. The molecule has 0 aromatic heterocycles. The van der Waals surface area contributed by atoms with Crippen LogP contribution < -0.4 is 0 Å². The summed E-state index contributed by atoms with van der Waals surface area (Å²) in [6.45, 7) is 4.18. The van der Waals surface area contributed by atoms with Gasteiger partial charge in [0.05, 0.1) is 0 Å². The second kappa shape index (κ2) is 5.63.